The quantitative estimate of drug-likeness (QED) is 0.596. The van der Waals surface area contributed by atoms with Gasteiger partial charge in [0.25, 0.3) is 0 Å². The molecule has 1 heteroatoms. The van der Waals surface area contributed by atoms with E-state index in [0.717, 1.165) is 6.42 Å². The van der Waals surface area contributed by atoms with Gasteiger partial charge in [-0.1, -0.05) is 25.2 Å². The fraction of sp³-hybridized carbons (Fsp3) is 0.556. The van der Waals surface area contributed by atoms with Crippen LogP contribution in [0, 0.1) is 0 Å². The van der Waals surface area contributed by atoms with Gasteiger partial charge in [-0.25, -0.2) is 0 Å². The Morgan fingerprint density at radius 3 is 2.50 bits per heavy atom. The van der Waals surface area contributed by atoms with E-state index in [0.29, 0.717) is 0 Å². The summed E-state index contributed by atoms with van der Waals surface area (Å²) >= 11 is 0. The van der Waals surface area contributed by atoms with Gasteiger partial charge in [0.1, 0.15) is 0 Å². The summed E-state index contributed by atoms with van der Waals surface area (Å²) in [5, 5.41) is 0. The number of rotatable bonds is 3. The molecule has 1 atom stereocenters. The summed E-state index contributed by atoms with van der Waals surface area (Å²) in [4.78, 5) is 0. The van der Waals surface area contributed by atoms with Gasteiger partial charge in [0, 0.05) is 6.04 Å². The molecule has 1 unspecified atom stereocenters. The Balaban J connectivity index is 4.11. The van der Waals surface area contributed by atoms with E-state index in [9.17, 15) is 0 Å². The lowest BCUT2D eigenvalue weighted by atomic mass is 10.1. The molecule has 0 aliphatic heterocycles. The molecule has 0 fully saturated rings. The third kappa shape index (κ3) is 3.46. The summed E-state index contributed by atoms with van der Waals surface area (Å²) in [6.07, 6.45) is 7.30. The predicted molar refractivity (Wildman–Crippen MR) is 46.8 cm³/mol. The summed E-state index contributed by atoms with van der Waals surface area (Å²) in [5.41, 5.74) is 6.92. The number of nitrogens with two attached hydrogens (primary N) is 1. The summed E-state index contributed by atoms with van der Waals surface area (Å²) in [5.74, 6) is 0. The van der Waals surface area contributed by atoms with Crippen LogP contribution in [0.15, 0.2) is 23.8 Å². The van der Waals surface area contributed by atoms with Crippen LogP contribution in [0.4, 0.5) is 0 Å². The first kappa shape index (κ1) is 9.44. The highest BCUT2D eigenvalue weighted by Crippen LogP contribution is 2.02. The number of hydrogen-bond donors (Lipinski definition) is 1. The van der Waals surface area contributed by atoms with Gasteiger partial charge in [-0.05, 0) is 25.8 Å². The molecule has 0 aromatic heterocycles. The zero-order valence-electron chi connectivity index (χ0n) is 7.09. The van der Waals surface area contributed by atoms with Gasteiger partial charge in [-0.3, -0.25) is 0 Å². The number of allylic oxidation sites excluding steroid dienone is 2. The second kappa shape index (κ2) is 5.24. The van der Waals surface area contributed by atoms with E-state index in [1.807, 2.05) is 19.9 Å². The Morgan fingerprint density at radius 2 is 2.20 bits per heavy atom. The molecule has 0 aliphatic rings. The minimum atomic E-state index is 0.163. The lowest BCUT2D eigenvalue weighted by molar-refractivity contribution is 0.876. The molecule has 0 saturated heterocycles. The molecule has 0 heterocycles. The topological polar surface area (TPSA) is 26.0 Å². The first-order valence-corrected chi connectivity index (χ1v) is 3.80. The molecule has 58 valence electrons. The fourth-order valence-electron chi connectivity index (χ4n) is 0.834. The smallest absolute Gasteiger partial charge is 0.0262 e. The lowest BCUT2D eigenvalue weighted by Gasteiger charge is -2.04. The Hall–Kier alpha value is -0.560. The van der Waals surface area contributed by atoms with E-state index in [2.05, 4.69) is 19.1 Å². The van der Waals surface area contributed by atoms with Crippen LogP contribution in [0.5, 0.6) is 0 Å². The molecule has 0 aliphatic carbocycles. The van der Waals surface area contributed by atoms with Crippen molar-refractivity contribution in [2.75, 3.05) is 0 Å². The third-order valence-corrected chi connectivity index (χ3v) is 1.32. The zero-order chi connectivity index (χ0) is 7.98. The Kier molecular flexibility index (Phi) is 4.95. The molecule has 0 aromatic carbocycles. The normalized spacial score (nSPS) is 16.2. The van der Waals surface area contributed by atoms with Crippen LogP contribution in [-0.4, -0.2) is 6.04 Å². The zero-order valence-corrected chi connectivity index (χ0v) is 7.09. The van der Waals surface area contributed by atoms with Crippen molar-refractivity contribution < 1.29 is 0 Å². The molecule has 0 bridgehead atoms. The van der Waals surface area contributed by atoms with Crippen LogP contribution in [0.3, 0.4) is 0 Å². The predicted octanol–water partition coefficient (Wildman–Crippen LogP) is 2.25. The monoisotopic (exact) mass is 139 g/mol. The van der Waals surface area contributed by atoms with Crippen molar-refractivity contribution in [3.63, 3.8) is 0 Å². The summed E-state index contributed by atoms with van der Waals surface area (Å²) < 4.78 is 0. The molecule has 2 N–H and O–H groups in total. The SMILES string of the molecule is C/C=C\C(=C/CC)C(C)N. The molecule has 1 nitrogen and oxygen atoms in total. The highest BCUT2D eigenvalue weighted by atomic mass is 14.6. The van der Waals surface area contributed by atoms with Crippen molar-refractivity contribution in [2.24, 2.45) is 5.73 Å². The molecule has 0 rings (SSSR count). The Morgan fingerprint density at radius 1 is 1.60 bits per heavy atom. The van der Waals surface area contributed by atoms with Crippen molar-refractivity contribution in [1.29, 1.82) is 0 Å². The van der Waals surface area contributed by atoms with Gasteiger partial charge in [-0.15, -0.1) is 0 Å². The number of hydrogen-bond acceptors (Lipinski definition) is 1. The van der Waals surface area contributed by atoms with Crippen molar-refractivity contribution in [3.8, 4) is 0 Å². The summed E-state index contributed by atoms with van der Waals surface area (Å²) in [6, 6.07) is 0.163. The third-order valence-electron chi connectivity index (χ3n) is 1.32. The van der Waals surface area contributed by atoms with E-state index in [1.54, 1.807) is 0 Å². The van der Waals surface area contributed by atoms with Crippen LogP contribution in [0.1, 0.15) is 27.2 Å². The van der Waals surface area contributed by atoms with E-state index in [1.165, 1.54) is 5.57 Å². The summed E-state index contributed by atoms with van der Waals surface area (Å²) in [7, 11) is 0. The second-order valence-electron chi connectivity index (χ2n) is 2.40. The maximum atomic E-state index is 5.69. The Labute approximate surface area is 63.6 Å². The largest absolute Gasteiger partial charge is 0.324 e. The van der Waals surface area contributed by atoms with E-state index < -0.39 is 0 Å². The molecular weight excluding hydrogens is 122 g/mol. The van der Waals surface area contributed by atoms with Crippen molar-refractivity contribution in [2.45, 2.75) is 33.2 Å². The van der Waals surface area contributed by atoms with E-state index in [4.69, 9.17) is 5.73 Å². The van der Waals surface area contributed by atoms with Gasteiger partial charge in [0.05, 0.1) is 0 Å². The average Bonchev–Trinajstić information content (AvgIpc) is 1.87. The molecule has 0 saturated carbocycles. The van der Waals surface area contributed by atoms with Crippen LogP contribution in [0.25, 0.3) is 0 Å². The Bertz CT molecular complexity index is 132. The van der Waals surface area contributed by atoms with Gasteiger partial charge in [0.15, 0.2) is 0 Å². The van der Waals surface area contributed by atoms with Crippen LogP contribution >= 0.6 is 0 Å². The average molecular weight is 139 g/mol. The first-order chi connectivity index (χ1) is 4.72. The van der Waals surface area contributed by atoms with Gasteiger partial charge in [0.2, 0.25) is 0 Å². The fourth-order valence-corrected chi connectivity index (χ4v) is 0.834. The minimum Gasteiger partial charge on any atom is -0.324 e. The molecule has 0 aromatic rings. The van der Waals surface area contributed by atoms with Crippen molar-refractivity contribution >= 4 is 0 Å². The lowest BCUT2D eigenvalue weighted by Crippen LogP contribution is -2.16. The molecular formula is C9H17N. The highest BCUT2D eigenvalue weighted by Gasteiger charge is 1.95. The molecule has 10 heavy (non-hydrogen) atoms. The standard InChI is InChI=1S/C9H17N/c1-4-6-9(7-5-2)8(3)10/h4,6-8H,5,10H2,1-3H3/b6-4-,9-7+. The molecule has 0 radical (unpaired) electrons. The van der Waals surface area contributed by atoms with Crippen molar-refractivity contribution in [3.05, 3.63) is 23.8 Å². The van der Waals surface area contributed by atoms with Gasteiger partial charge in [-0.2, -0.15) is 0 Å². The second-order valence-corrected chi connectivity index (χ2v) is 2.40. The molecule has 0 spiro atoms. The van der Waals surface area contributed by atoms with Crippen LogP contribution in [-0.2, 0) is 0 Å². The summed E-state index contributed by atoms with van der Waals surface area (Å²) in [6.45, 7) is 6.12. The highest BCUT2D eigenvalue weighted by molar-refractivity contribution is 5.22. The van der Waals surface area contributed by atoms with Crippen LogP contribution < -0.4 is 5.73 Å². The minimum absolute atomic E-state index is 0.163. The van der Waals surface area contributed by atoms with E-state index in [-0.39, 0.29) is 6.04 Å². The van der Waals surface area contributed by atoms with Crippen molar-refractivity contribution in [1.82, 2.24) is 0 Å². The maximum absolute atomic E-state index is 5.69. The van der Waals surface area contributed by atoms with Crippen LogP contribution in [0.2, 0.25) is 0 Å². The maximum Gasteiger partial charge on any atom is 0.0262 e. The van der Waals surface area contributed by atoms with Gasteiger partial charge < -0.3 is 5.73 Å². The molecule has 0 amide bonds. The van der Waals surface area contributed by atoms with E-state index >= 15 is 0 Å². The van der Waals surface area contributed by atoms with Gasteiger partial charge >= 0.3 is 0 Å². The first-order valence-electron chi connectivity index (χ1n) is 3.80.